The molecule has 0 amide bonds. The van der Waals surface area contributed by atoms with Crippen molar-refractivity contribution >= 4 is 44.8 Å². The molecule has 2 aromatic rings. The molecule has 0 fully saturated rings. The second kappa shape index (κ2) is 5.91. The Morgan fingerprint density at radius 2 is 1.89 bits per heavy atom. The fourth-order valence-corrected chi connectivity index (χ4v) is 2.27. The molecule has 18 heavy (non-hydrogen) atoms. The smallest absolute Gasteiger partial charge is 0.141 e. The van der Waals surface area contributed by atoms with Crippen LogP contribution in [-0.2, 0) is 6.54 Å². The molecule has 1 N–H and O–H groups in total. The zero-order valence-electron chi connectivity index (χ0n) is 9.18. The summed E-state index contributed by atoms with van der Waals surface area (Å²) in [6, 6.07) is 10.2. The van der Waals surface area contributed by atoms with E-state index in [0.29, 0.717) is 11.6 Å². The summed E-state index contributed by atoms with van der Waals surface area (Å²) >= 11 is 15.1. The highest BCUT2D eigenvalue weighted by atomic mass is 79.9. The van der Waals surface area contributed by atoms with E-state index in [1.165, 1.54) is 6.07 Å². The van der Waals surface area contributed by atoms with E-state index in [0.717, 1.165) is 15.7 Å². The largest absolute Gasteiger partial charge is 0.380 e. The predicted molar refractivity (Wildman–Crippen MR) is 77.9 cm³/mol. The highest BCUT2D eigenvalue weighted by molar-refractivity contribution is 9.10. The molecule has 1 nitrogen and oxygen atoms in total. The monoisotopic (exact) mass is 347 g/mol. The normalized spacial score (nSPS) is 10.4. The van der Waals surface area contributed by atoms with Crippen LogP contribution in [0.2, 0.25) is 10.0 Å². The van der Waals surface area contributed by atoms with Crippen molar-refractivity contribution in [3.8, 4) is 0 Å². The van der Waals surface area contributed by atoms with Crippen molar-refractivity contribution in [3.05, 3.63) is 62.3 Å². The Kier molecular flexibility index (Phi) is 4.49. The second-order valence-corrected chi connectivity index (χ2v) is 5.31. The van der Waals surface area contributed by atoms with Crippen LogP contribution in [0.1, 0.15) is 5.56 Å². The van der Waals surface area contributed by atoms with Crippen LogP contribution in [0.5, 0.6) is 0 Å². The van der Waals surface area contributed by atoms with Gasteiger partial charge >= 0.3 is 0 Å². The molecule has 0 spiro atoms. The summed E-state index contributed by atoms with van der Waals surface area (Å²) in [5, 5.41) is 3.97. The summed E-state index contributed by atoms with van der Waals surface area (Å²) in [6.07, 6.45) is 0. The van der Waals surface area contributed by atoms with E-state index >= 15 is 0 Å². The summed E-state index contributed by atoms with van der Waals surface area (Å²) in [7, 11) is 0. The van der Waals surface area contributed by atoms with Gasteiger partial charge in [-0.25, -0.2) is 4.39 Å². The minimum atomic E-state index is -0.413. The lowest BCUT2D eigenvalue weighted by Gasteiger charge is -2.10. The van der Waals surface area contributed by atoms with E-state index in [4.69, 9.17) is 23.2 Å². The van der Waals surface area contributed by atoms with Crippen LogP contribution in [0.3, 0.4) is 0 Å². The third-order valence-corrected chi connectivity index (χ3v) is 4.11. The molecule has 2 rings (SSSR count). The Balaban J connectivity index is 2.11. The van der Waals surface area contributed by atoms with E-state index in [1.807, 2.05) is 12.1 Å². The summed E-state index contributed by atoms with van der Waals surface area (Å²) in [5.41, 5.74) is 1.77. The average molecular weight is 349 g/mol. The van der Waals surface area contributed by atoms with Crippen molar-refractivity contribution in [2.75, 3.05) is 5.32 Å². The zero-order valence-corrected chi connectivity index (χ0v) is 12.3. The maximum Gasteiger partial charge on any atom is 0.141 e. The minimum Gasteiger partial charge on any atom is -0.380 e. The molecular formula is C13H9BrCl2FN. The molecule has 0 saturated heterocycles. The third-order valence-electron chi connectivity index (χ3n) is 2.42. The Bertz CT molecular complexity index is 575. The number of benzene rings is 2. The first-order chi connectivity index (χ1) is 8.58. The van der Waals surface area contributed by atoms with Gasteiger partial charge in [0.15, 0.2) is 0 Å². The van der Waals surface area contributed by atoms with Crippen LogP contribution < -0.4 is 5.32 Å². The number of rotatable bonds is 3. The predicted octanol–water partition coefficient (Wildman–Crippen LogP) is 5.51. The minimum absolute atomic E-state index is 0.124. The van der Waals surface area contributed by atoms with Gasteiger partial charge in [-0.1, -0.05) is 35.3 Å². The topological polar surface area (TPSA) is 12.0 Å². The number of hydrogen-bond donors (Lipinski definition) is 1. The summed E-state index contributed by atoms with van der Waals surface area (Å²) in [6.45, 7) is 0.541. The molecule has 0 aromatic heterocycles. The molecule has 5 heteroatoms. The highest BCUT2D eigenvalue weighted by Gasteiger charge is 2.04. The fraction of sp³-hybridized carbons (Fsp3) is 0.0769. The van der Waals surface area contributed by atoms with Gasteiger partial charge in [-0.15, -0.1) is 0 Å². The van der Waals surface area contributed by atoms with Gasteiger partial charge in [0.05, 0.1) is 20.2 Å². The molecule has 0 aliphatic carbocycles. The van der Waals surface area contributed by atoms with E-state index in [-0.39, 0.29) is 5.02 Å². The second-order valence-electron chi connectivity index (χ2n) is 3.70. The average Bonchev–Trinajstić information content (AvgIpc) is 2.35. The van der Waals surface area contributed by atoms with Gasteiger partial charge in [-0.3, -0.25) is 0 Å². The van der Waals surface area contributed by atoms with E-state index < -0.39 is 5.82 Å². The molecule has 0 bridgehead atoms. The van der Waals surface area contributed by atoms with Gasteiger partial charge in [-0.2, -0.15) is 0 Å². The van der Waals surface area contributed by atoms with Crippen molar-refractivity contribution in [2.24, 2.45) is 0 Å². The summed E-state index contributed by atoms with van der Waals surface area (Å²) in [5.74, 6) is -0.413. The first kappa shape index (κ1) is 13.7. The Hall–Kier alpha value is -0.770. The van der Waals surface area contributed by atoms with Crippen molar-refractivity contribution in [1.29, 1.82) is 0 Å². The molecule has 0 aliphatic rings. The standard InChI is InChI=1S/C13H9BrCl2FN/c14-13-9(15)2-1-3-12(13)18-7-8-4-5-11(17)10(16)6-8/h1-6,18H,7H2. The molecule has 94 valence electrons. The van der Waals surface area contributed by atoms with Gasteiger partial charge in [0, 0.05) is 6.54 Å². The van der Waals surface area contributed by atoms with Gasteiger partial charge in [0.1, 0.15) is 5.82 Å². The molecule has 0 aliphatic heterocycles. The van der Waals surface area contributed by atoms with Crippen LogP contribution >= 0.6 is 39.1 Å². The lowest BCUT2D eigenvalue weighted by Crippen LogP contribution is -2.00. The van der Waals surface area contributed by atoms with E-state index in [2.05, 4.69) is 21.2 Å². The van der Waals surface area contributed by atoms with Gasteiger partial charge in [0.2, 0.25) is 0 Å². The summed E-state index contributed by atoms with van der Waals surface area (Å²) in [4.78, 5) is 0. The van der Waals surface area contributed by atoms with Crippen LogP contribution in [0.4, 0.5) is 10.1 Å². The number of hydrogen-bond acceptors (Lipinski definition) is 1. The molecule has 0 atom stereocenters. The van der Waals surface area contributed by atoms with Crippen molar-refractivity contribution < 1.29 is 4.39 Å². The Morgan fingerprint density at radius 1 is 1.11 bits per heavy atom. The quantitative estimate of drug-likeness (QED) is 0.771. The number of nitrogens with one attached hydrogen (secondary N) is 1. The van der Waals surface area contributed by atoms with E-state index in [1.54, 1.807) is 18.2 Å². The summed E-state index contributed by atoms with van der Waals surface area (Å²) < 4.78 is 13.8. The first-order valence-electron chi connectivity index (χ1n) is 5.20. The lowest BCUT2D eigenvalue weighted by atomic mass is 10.2. The molecular weight excluding hydrogens is 340 g/mol. The van der Waals surface area contributed by atoms with Crippen LogP contribution in [0.15, 0.2) is 40.9 Å². The molecule has 0 heterocycles. The molecule has 0 unspecified atom stereocenters. The zero-order chi connectivity index (χ0) is 13.1. The molecule has 0 saturated carbocycles. The Labute approximate surface area is 123 Å². The van der Waals surface area contributed by atoms with Crippen LogP contribution in [-0.4, -0.2) is 0 Å². The van der Waals surface area contributed by atoms with Crippen molar-refractivity contribution in [3.63, 3.8) is 0 Å². The third kappa shape index (κ3) is 3.16. The number of anilines is 1. The maximum absolute atomic E-state index is 13.0. The first-order valence-corrected chi connectivity index (χ1v) is 6.74. The van der Waals surface area contributed by atoms with Crippen LogP contribution in [0, 0.1) is 5.82 Å². The van der Waals surface area contributed by atoms with Gasteiger partial charge in [-0.05, 0) is 45.8 Å². The highest BCUT2D eigenvalue weighted by Crippen LogP contribution is 2.30. The van der Waals surface area contributed by atoms with Crippen LogP contribution in [0.25, 0.3) is 0 Å². The molecule has 2 aromatic carbocycles. The van der Waals surface area contributed by atoms with Crippen molar-refractivity contribution in [1.82, 2.24) is 0 Å². The van der Waals surface area contributed by atoms with Gasteiger partial charge in [0.25, 0.3) is 0 Å². The van der Waals surface area contributed by atoms with Crippen molar-refractivity contribution in [2.45, 2.75) is 6.54 Å². The Morgan fingerprint density at radius 3 is 2.61 bits per heavy atom. The fourth-order valence-electron chi connectivity index (χ4n) is 1.49. The van der Waals surface area contributed by atoms with Gasteiger partial charge < -0.3 is 5.32 Å². The molecule has 0 radical (unpaired) electrons. The van der Waals surface area contributed by atoms with E-state index in [9.17, 15) is 4.39 Å². The SMILES string of the molecule is Fc1ccc(CNc2cccc(Cl)c2Br)cc1Cl. The lowest BCUT2D eigenvalue weighted by molar-refractivity contribution is 0.627. The maximum atomic E-state index is 13.0. The number of halogens is 4.